The minimum atomic E-state index is -3.26. The van der Waals surface area contributed by atoms with Crippen LogP contribution in [0.4, 0.5) is 0 Å². The minimum Gasteiger partial charge on any atom is -0.486 e. The summed E-state index contributed by atoms with van der Waals surface area (Å²) in [5, 5.41) is 0. The van der Waals surface area contributed by atoms with Crippen LogP contribution in [0, 0.1) is 5.92 Å². The van der Waals surface area contributed by atoms with Gasteiger partial charge in [0.25, 0.3) is 0 Å². The van der Waals surface area contributed by atoms with Crippen molar-refractivity contribution in [2.45, 2.75) is 26.8 Å². The Balaban J connectivity index is 2.30. The van der Waals surface area contributed by atoms with Crippen molar-refractivity contribution in [3.05, 3.63) is 23.8 Å². The summed E-state index contributed by atoms with van der Waals surface area (Å²) in [6.45, 7) is 6.66. The van der Waals surface area contributed by atoms with E-state index in [2.05, 4.69) is 4.72 Å². The molecule has 1 atom stereocenters. The van der Waals surface area contributed by atoms with Crippen molar-refractivity contribution in [1.29, 1.82) is 0 Å². The van der Waals surface area contributed by atoms with E-state index in [1.54, 1.807) is 6.92 Å². The van der Waals surface area contributed by atoms with Crippen molar-refractivity contribution in [3.63, 3.8) is 0 Å². The van der Waals surface area contributed by atoms with Gasteiger partial charge in [0.15, 0.2) is 11.5 Å². The molecule has 1 aliphatic heterocycles. The summed E-state index contributed by atoms with van der Waals surface area (Å²) in [6.07, 6.45) is 0. The Morgan fingerprint density at radius 3 is 2.45 bits per heavy atom. The Labute approximate surface area is 120 Å². The van der Waals surface area contributed by atoms with Gasteiger partial charge in [-0.2, -0.15) is 0 Å². The number of hydrogen-bond acceptors (Lipinski definition) is 4. The molecule has 0 bridgehead atoms. The lowest BCUT2D eigenvalue weighted by Gasteiger charge is -2.25. The van der Waals surface area contributed by atoms with Gasteiger partial charge in [-0.05, 0) is 30.5 Å². The molecule has 20 heavy (non-hydrogen) atoms. The monoisotopic (exact) mass is 299 g/mol. The van der Waals surface area contributed by atoms with Gasteiger partial charge in [0, 0.05) is 6.04 Å². The topological polar surface area (TPSA) is 64.6 Å². The maximum Gasteiger partial charge on any atom is 0.211 e. The lowest BCUT2D eigenvalue weighted by Crippen LogP contribution is -2.33. The summed E-state index contributed by atoms with van der Waals surface area (Å²) >= 11 is 0. The average Bonchev–Trinajstić information content (AvgIpc) is 2.44. The van der Waals surface area contributed by atoms with Crippen LogP contribution in [0.15, 0.2) is 18.2 Å². The van der Waals surface area contributed by atoms with Gasteiger partial charge in [-0.1, -0.05) is 19.9 Å². The Morgan fingerprint density at radius 2 is 1.85 bits per heavy atom. The summed E-state index contributed by atoms with van der Waals surface area (Å²) in [6, 6.07) is 5.31. The number of sulfonamides is 1. The van der Waals surface area contributed by atoms with E-state index in [4.69, 9.17) is 9.47 Å². The highest BCUT2D eigenvalue weighted by molar-refractivity contribution is 7.89. The van der Waals surface area contributed by atoms with Gasteiger partial charge < -0.3 is 9.47 Å². The smallest absolute Gasteiger partial charge is 0.211 e. The van der Waals surface area contributed by atoms with Crippen molar-refractivity contribution in [1.82, 2.24) is 4.72 Å². The van der Waals surface area contributed by atoms with Crippen LogP contribution in [0.2, 0.25) is 0 Å². The Morgan fingerprint density at radius 1 is 1.20 bits per heavy atom. The molecule has 112 valence electrons. The highest BCUT2D eigenvalue weighted by atomic mass is 32.2. The van der Waals surface area contributed by atoms with Gasteiger partial charge in [0.05, 0.1) is 5.75 Å². The maximum atomic E-state index is 11.8. The first-order valence-corrected chi connectivity index (χ1v) is 8.47. The minimum absolute atomic E-state index is 0.0702. The second kappa shape index (κ2) is 6.01. The lowest BCUT2D eigenvalue weighted by molar-refractivity contribution is 0.171. The highest BCUT2D eigenvalue weighted by Gasteiger charge is 2.23. The van der Waals surface area contributed by atoms with Crippen molar-refractivity contribution in [2.24, 2.45) is 5.92 Å². The third-order valence-electron chi connectivity index (χ3n) is 3.28. The molecule has 1 aromatic carbocycles. The second-order valence-corrected chi connectivity index (χ2v) is 7.19. The van der Waals surface area contributed by atoms with Gasteiger partial charge in [0.2, 0.25) is 10.0 Å². The second-order valence-electron chi connectivity index (χ2n) is 5.15. The summed E-state index contributed by atoms with van der Waals surface area (Å²) in [5.74, 6) is 1.59. The van der Waals surface area contributed by atoms with Crippen LogP contribution in [-0.2, 0) is 10.0 Å². The van der Waals surface area contributed by atoms with E-state index in [1.807, 2.05) is 32.0 Å². The molecule has 0 amide bonds. The quantitative estimate of drug-likeness (QED) is 0.904. The molecule has 0 aliphatic carbocycles. The normalized spacial score (nSPS) is 16.2. The number of hydrogen-bond donors (Lipinski definition) is 1. The molecule has 0 radical (unpaired) electrons. The molecule has 0 saturated carbocycles. The largest absolute Gasteiger partial charge is 0.486 e. The summed E-state index contributed by atoms with van der Waals surface area (Å²) in [7, 11) is -3.26. The van der Waals surface area contributed by atoms with E-state index in [9.17, 15) is 8.42 Å². The first-order valence-electron chi connectivity index (χ1n) is 6.82. The van der Waals surface area contributed by atoms with Crippen molar-refractivity contribution >= 4 is 10.0 Å². The van der Waals surface area contributed by atoms with Crippen LogP contribution < -0.4 is 14.2 Å². The predicted octanol–water partition coefficient (Wildman–Crippen LogP) is 2.09. The molecule has 2 rings (SSSR count). The van der Waals surface area contributed by atoms with Crippen LogP contribution >= 0.6 is 0 Å². The van der Waals surface area contributed by atoms with Crippen molar-refractivity contribution < 1.29 is 17.9 Å². The zero-order chi connectivity index (χ0) is 14.8. The van der Waals surface area contributed by atoms with Crippen molar-refractivity contribution in [3.8, 4) is 11.5 Å². The first-order chi connectivity index (χ1) is 9.43. The van der Waals surface area contributed by atoms with Gasteiger partial charge in [-0.15, -0.1) is 0 Å². The molecule has 1 N–H and O–H groups in total. The molecule has 0 fully saturated rings. The zero-order valence-electron chi connectivity index (χ0n) is 12.0. The van der Waals surface area contributed by atoms with E-state index in [-0.39, 0.29) is 17.7 Å². The highest BCUT2D eigenvalue weighted by Crippen LogP contribution is 2.34. The van der Waals surface area contributed by atoms with Crippen molar-refractivity contribution in [2.75, 3.05) is 19.0 Å². The molecule has 5 nitrogen and oxygen atoms in total. The number of rotatable bonds is 5. The molecule has 0 saturated heterocycles. The van der Waals surface area contributed by atoms with E-state index >= 15 is 0 Å². The lowest BCUT2D eigenvalue weighted by atomic mass is 9.97. The standard InChI is InChI=1S/C14H21NO4S/c1-4-20(16,17)15-14(10(2)3)11-5-6-12-13(9-11)19-8-7-18-12/h5-6,9-10,14-15H,4,7-8H2,1-3H3/t14-/m0/s1. The molecule has 0 spiro atoms. The van der Waals surface area contributed by atoms with E-state index in [1.165, 1.54) is 0 Å². The van der Waals surface area contributed by atoms with Gasteiger partial charge >= 0.3 is 0 Å². The van der Waals surface area contributed by atoms with E-state index < -0.39 is 10.0 Å². The first kappa shape index (κ1) is 15.1. The summed E-state index contributed by atoms with van der Waals surface area (Å²) in [4.78, 5) is 0. The van der Waals surface area contributed by atoms with Crippen LogP contribution in [0.5, 0.6) is 11.5 Å². The molecule has 6 heteroatoms. The SMILES string of the molecule is CCS(=O)(=O)N[C@H](c1ccc2c(c1)OCCO2)C(C)C. The molecule has 1 aromatic rings. The number of benzene rings is 1. The Hall–Kier alpha value is -1.27. The van der Waals surface area contributed by atoms with Gasteiger partial charge in [-0.3, -0.25) is 0 Å². The zero-order valence-corrected chi connectivity index (χ0v) is 12.9. The van der Waals surface area contributed by atoms with E-state index in [0.29, 0.717) is 24.7 Å². The summed E-state index contributed by atoms with van der Waals surface area (Å²) in [5.41, 5.74) is 0.890. The molecule has 0 unspecified atom stereocenters. The number of nitrogens with one attached hydrogen (secondary N) is 1. The van der Waals surface area contributed by atoms with Gasteiger partial charge in [-0.25, -0.2) is 13.1 Å². The predicted molar refractivity (Wildman–Crippen MR) is 77.6 cm³/mol. The average molecular weight is 299 g/mol. The molecule has 1 heterocycles. The fourth-order valence-electron chi connectivity index (χ4n) is 2.12. The van der Waals surface area contributed by atoms with Crippen LogP contribution in [-0.4, -0.2) is 27.4 Å². The number of ether oxygens (including phenoxy) is 2. The van der Waals surface area contributed by atoms with Crippen LogP contribution in [0.3, 0.4) is 0 Å². The van der Waals surface area contributed by atoms with Gasteiger partial charge in [0.1, 0.15) is 13.2 Å². The molecular weight excluding hydrogens is 278 g/mol. The molecule has 1 aliphatic rings. The molecular formula is C14H21NO4S. The third-order valence-corrected chi connectivity index (χ3v) is 4.65. The van der Waals surface area contributed by atoms with E-state index in [0.717, 1.165) is 5.56 Å². The van der Waals surface area contributed by atoms with Crippen LogP contribution in [0.1, 0.15) is 32.4 Å². The molecule has 0 aromatic heterocycles. The maximum absolute atomic E-state index is 11.8. The Kier molecular flexibility index (Phi) is 4.55. The fraction of sp³-hybridized carbons (Fsp3) is 0.571. The van der Waals surface area contributed by atoms with Crippen LogP contribution in [0.25, 0.3) is 0 Å². The number of fused-ring (bicyclic) bond motifs is 1. The third kappa shape index (κ3) is 3.43. The Bertz CT molecular complexity index is 569. The summed E-state index contributed by atoms with van der Waals surface area (Å²) < 4.78 is 37.4. The fourth-order valence-corrected chi connectivity index (χ4v) is 3.08.